The molecule has 1 aliphatic rings. The number of ether oxygens (including phenoxy) is 1. The van der Waals surface area contributed by atoms with E-state index < -0.39 is 0 Å². The molecule has 0 bridgehead atoms. The van der Waals surface area contributed by atoms with Gasteiger partial charge in [0.1, 0.15) is 0 Å². The van der Waals surface area contributed by atoms with Crippen LogP contribution < -0.4 is 5.32 Å². The molecule has 1 aromatic carbocycles. The van der Waals surface area contributed by atoms with E-state index in [4.69, 9.17) is 4.74 Å². The molecule has 1 aliphatic heterocycles. The zero-order chi connectivity index (χ0) is 10.5. The fraction of sp³-hybridized carbons (Fsp3) is 0.538. The first-order chi connectivity index (χ1) is 7.40. The van der Waals surface area contributed by atoms with Gasteiger partial charge in [-0.3, -0.25) is 0 Å². The van der Waals surface area contributed by atoms with Gasteiger partial charge in [-0.25, -0.2) is 0 Å². The third-order valence-electron chi connectivity index (χ3n) is 2.99. The standard InChI is InChI=1S/C13H19NO/c1-15-9-5-4-7-12-10-11-6-2-3-8-13(11)14-12/h2-3,6,8,12,14H,4-5,7,9-10H2,1H3. The number of nitrogens with one attached hydrogen (secondary N) is 1. The van der Waals surface area contributed by atoms with E-state index in [1.807, 2.05) is 0 Å². The van der Waals surface area contributed by atoms with E-state index in [0.717, 1.165) is 6.61 Å². The highest BCUT2D eigenvalue weighted by molar-refractivity contribution is 5.56. The number of unbranched alkanes of at least 4 members (excludes halogenated alkanes) is 1. The normalized spacial score (nSPS) is 18.6. The summed E-state index contributed by atoms with van der Waals surface area (Å²) in [6.07, 6.45) is 4.85. The summed E-state index contributed by atoms with van der Waals surface area (Å²) in [5, 5.41) is 3.57. The lowest BCUT2D eigenvalue weighted by atomic mass is 10.1. The Morgan fingerprint density at radius 3 is 3.00 bits per heavy atom. The largest absolute Gasteiger partial charge is 0.385 e. The minimum atomic E-state index is 0.638. The molecule has 1 atom stereocenters. The summed E-state index contributed by atoms with van der Waals surface area (Å²) in [4.78, 5) is 0. The second-order valence-electron chi connectivity index (χ2n) is 4.19. The minimum Gasteiger partial charge on any atom is -0.385 e. The first-order valence-electron chi connectivity index (χ1n) is 5.73. The molecule has 0 radical (unpaired) electrons. The van der Waals surface area contributed by atoms with Crippen molar-refractivity contribution >= 4 is 5.69 Å². The van der Waals surface area contributed by atoms with Crippen molar-refractivity contribution in [2.45, 2.75) is 31.7 Å². The van der Waals surface area contributed by atoms with Crippen LogP contribution in [0.2, 0.25) is 0 Å². The van der Waals surface area contributed by atoms with E-state index in [2.05, 4.69) is 29.6 Å². The Kier molecular flexibility index (Phi) is 3.62. The van der Waals surface area contributed by atoms with Gasteiger partial charge in [0.25, 0.3) is 0 Å². The summed E-state index contributed by atoms with van der Waals surface area (Å²) >= 11 is 0. The molecule has 0 amide bonds. The van der Waals surface area contributed by atoms with Crippen LogP contribution in [0, 0.1) is 0 Å². The van der Waals surface area contributed by atoms with Crippen LogP contribution in [0.4, 0.5) is 5.69 Å². The number of para-hydroxylation sites is 1. The molecule has 1 unspecified atom stereocenters. The molecule has 0 spiro atoms. The third kappa shape index (κ3) is 2.72. The summed E-state index contributed by atoms with van der Waals surface area (Å²) in [5.74, 6) is 0. The molecular weight excluding hydrogens is 186 g/mol. The Morgan fingerprint density at radius 1 is 1.33 bits per heavy atom. The predicted octanol–water partition coefficient (Wildman–Crippen LogP) is 2.84. The second kappa shape index (κ2) is 5.17. The fourth-order valence-electron chi connectivity index (χ4n) is 2.19. The number of benzene rings is 1. The average molecular weight is 205 g/mol. The Balaban J connectivity index is 1.76. The van der Waals surface area contributed by atoms with E-state index in [0.29, 0.717) is 6.04 Å². The van der Waals surface area contributed by atoms with Crippen molar-refractivity contribution < 1.29 is 4.74 Å². The van der Waals surface area contributed by atoms with Gasteiger partial charge in [-0.15, -0.1) is 0 Å². The topological polar surface area (TPSA) is 21.3 Å². The van der Waals surface area contributed by atoms with Crippen LogP contribution in [0.25, 0.3) is 0 Å². The lowest BCUT2D eigenvalue weighted by molar-refractivity contribution is 0.191. The van der Waals surface area contributed by atoms with E-state index in [-0.39, 0.29) is 0 Å². The molecule has 1 heterocycles. The fourth-order valence-corrected chi connectivity index (χ4v) is 2.19. The molecule has 0 aliphatic carbocycles. The molecule has 0 saturated carbocycles. The van der Waals surface area contributed by atoms with Gasteiger partial charge in [0.15, 0.2) is 0 Å². The minimum absolute atomic E-state index is 0.638. The van der Waals surface area contributed by atoms with Crippen LogP contribution in [-0.4, -0.2) is 19.8 Å². The quantitative estimate of drug-likeness (QED) is 0.746. The molecule has 0 fully saturated rings. The van der Waals surface area contributed by atoms with Crippen LogP contribution in [0.3, 0.4) is 0 Å². The molecule has 2 heteroatoms. The Morgan fingerprint density at radius 2 is 2.20 bits per heavy atom. The Labute approximate surface area is 91.6 Å². The molecular formula is C13H19NO. The van der Waals surface area contributed by atoms with E-state index >= 15 is 0 Å². The molecule has 2 nitrogen and oxygen atoms in total. The highest BCUT2D eigenvalue weighted by Gasteiger charge is 2.18. The highest BCUT2D eigenvalue weighted by Crippen LogP contribution is 2.27. The summed E-state index contributed by atoms with van der Waals surface area (Å²) in [6, 6.07) is 9.24. The smallest absolute Gasteiger partial charge is 0.0462 e. The molecule has 0 aromatic heterocycles. The Hall–Kier alpha value is -1.02. The Bertz CT molecular complexity index is 286. The monoisotopic (exact) mass is 205 g/mol. The number of fused-ring (bicyclic) bond motifs is 1. The average Bonchev–Trinajstić information content (AvgIpc) is 2.67. The predicted molar refractivity (Wildman–Crippen MR) is 63.3 cm³/mol. The maximum atomic E-state index is 5.05. The zero-order valence-corrected chi connectivity index (χ0v) is 9.33. The molecule has 2 rings (SSSR count). The van der Waals surface area contributed by atoms with Crippen LogP contribution in [0.15, 0.2) is 24.3 Å². The van der Waals surface area contributed by atoms with E-state index in [1.54, 1.807) is 7.11 Å². The molecule has 82 valence electrons. The van der Waals surface area contributed by atoms with Crippen molar-refractivity contribution in [2.75, 3.05) is 19.0 Å². The van der Waals surface area contributed by atoms with Crippen LogP contribution in [0.1, 0.15) is 24.8 Å². The van der Waals surface area contributed by atoms with Crippen molar-refractivity contribution in [3.8, 4) is 0 Å². The van der Waals surface area contributed by atoms with Gasteiger partial charge in [-0.1, -0.05) is 18.2 Å². The van der Waals surface area contributed by atoms with Crippen molar-refractivity contribution in [3.63, 3.8) is 0 Å². The van der Waals surface area contributed by atoms with E-state index in [1.165, 1.54) is 36.9 Å². The van der Waals surface area contributed by atoms with Crippen molar-refractivity contribution in [1.82, 2.24) is 0 Å². The molecule has 1 aromatic rings. The lowest BCUT2D eigenvalue weighted by Crippen LogP contribution is -2.15. The molecule has 1 N–H and O–H groups in total. The SMILES string of the molecule is COCCCCC1Cc2ccccc2N1. The van der Waals surface area contributed by atoms with Gasteiger partial charge in [0.2, 0.25) is 0 Å². The first-order valence-corrected chi connectivity index (χ1v) is 5.73. The summed E-state index contributed by atoms with van der Waals surface area (Å²) in [7, 11) is 1.77. The van der Waals surface area contributed by atoms with Gasteiger partial charge >= 0.3 is 0 Å². The van der Waals surface area contributed by atoms with Gasteiger partial charge in [-0.05, 0) is 37.3 Å². The molecule has 0 saturated heterocycles. The van der Waals surface area contributed by atoms with Crippen molar-refractivity contribution in [2.24, 2.45) is 0 Å². The maximum Gasteiger partial charge on any atom is 0.0462 e. The first kappa shape index (κ1) is 10.5. The van der Waals surface area contributed by atoms with Crippen LogP contribution in [0.5, 0.6) is 0 Å². The van der Waals surface area contributed by atoms with Gasteiger partial charge < -0.3 is 10.1 Å². The number of methoxy groups -OCH3 is 1. The highest BCUT2D eigenvalue weighted by atomic mass is 16.5. The van der Waals surface area contributed by atoms with Crippen molar-refractivity contribution in [1.29, 1.82) is 0 Å². The lowest BCUT2D eigenvalue weighted by Gasteiger charge is -2.10. The molecule has 15 heavy (non-hydrogen) atoms. The third-order valence-corrected chi connectivity index (χ3v) is 2.99. The maximum absolute atomic E-state index is 5.05. The number of hydrogen-bond acceptors (Lipinski definition) is 2. The van der Waals surface area contributed by atoms with E-state index in [9.17, 15) is 0 Å². The van der Waals surface area contributed by atoms with Crippen LogP contribution in [-0.2, 0) is 11.2 Å². The van der Waals surface area contributed by atoms with Gasteiger partial charge in [-0.2, -0.15) is 0 Å². The number of rotatable bonds is 5. The van der Waals surface area contributed by atoms with Crippen LogP contribution >= 0.6 is 0 Å². The zero-order valence-electron chi connectivity index (χ0n) is 9.33. The summed E-state index contributed by atoms with van der Waals surface area (Å²) in [6.45, 7) is 0.889. The summed E-state index contributed by atoms with van der Waals surface area (Å²) in [5.41, 5.74) is 2.79. The van der Waals surface area contributed by atoms with Crippen molar-refractivity contribution in [3.05, 3.63) is 29.8 Å². The van der Waals surface area contributed by atoms with Gasteiger partial charge in [0.05, 0.1) is 0 Å². The van der Waals surface area contributed by atoms with Gasteiger partial charge in [0, 0.05) is 25.4 Å². The number of hydrogen-bond donors (Lipinski definition) is 1. The second-order valence-corrected chi connectivity index (χ2v) is 4.19. The number of anilines is 1. The summed E-state index contributed by atoms with van der Waals surface area (Å²) < 4.78 is 5.05.